The normalized spacial score (nSPS) is 26.5. The molecular weight excluding hydrogens is 192 g/mol. The maximum atomic E-state index is 5.33. The van der Waals surface area contributed by atoms with Crippen molar-refractivity contribution in [1.82, 2.24) is 10.2 Å². The molecule has 0 saturated heterocycles. The highest BCUT2D eigenvalue weighted by Gasteiger charge is 2.18. The molecule has 1 fully saturated rings. The molecule has 1 aromatic rings. The smallest absolute Gasteiger partial charge is 0.316 e. The number of hydrogen-bond donors (Lipinski definition) is 2. The molecule has 1 aliphatic carbocycles. The molecule has 1 aliphatic rings. The molecular formula is C10H18N4O. The predicted octanol–water partition coefficient (Wildman–Crippen LogP) is 1.89. The Morgan fingerprint density at radius 1 is 1.33 bits per heavy atom. The van der Waals surface area contributed by atoms with Gasteiger partial charge in [-0.15, -0.1) is 0 Å². The summed E-state index contributed by atoms with van der Waals surface area (Å²) in [5.74, 6) is 1.62. The first kappa shape index (κ1) is 10.3. The van der Waals surface area contributed by atoms with Crippen LogP contribution in [0.25, 0.3) is 0 Å². The van der Waals surface area contributed by atoms with Crippen molar-refractivity contribution in [2.45, 2.75) is 32.6 Å². The van der Waals surface area contributed by atoms with E-state index in [1.54, 1.807) is 0 Å². The number of hydrogen-bond acceptors (Lipinski definition) is 5. The van der Waals surface area contributed by atoms with Gasteiger partial charge in [-0.1, -0.05) is 30.0 Å². The molecule has 5 heteroatoms. The lowest BCUT2D eigenvalue weighted by Gasteiger charge is -2.25. The number of nitrogen functional groups attached to an aromatic ring is 1. The van der Waals surface area contributed by atoms with E-state index in [0.717, 1.165) is 18.4 Å². The average Bonchev–Trinajstić information content (AvgIpc) is 2.64. The Labute approximate surface area is 89.4 Å². The van der Waals surface area contributed by atoms with E-state index in [4.69, 9.17) is 10.2 Å². The lowest BCUT2D eigenvalue weighted by atomic mass is 9.83. The van der Waals surface area contributed by atoms with Crippen molar-refractivity contribution in [3.63, 3.8) is 0 Å². The lowest BCUT2D eigenvalue weighted by Crippen LogP contribution is -2.20. The third kappa shape index (κ3) is 2.84. The van der Waals surface area contributed by atoms with Gasteiger partial charge in [0, 0.05) is 6.54 Å². The molecule has 1 heterocycles. The Kier molecular flexibility index (Phi) is 3.08. The molecule has 0 amide bonds. The lowest BCUT2D eigenvalue weighted by molar-refractivity contribution is 0.299. The molecule has 3 N–H and O–H groups in total. The van der Waals surface area contributed by atoms with E-state index < -0.39 is 0 Å². The van der Waals surface area contributed by atoms with E-state index in [9.17, 15) is 0 Å². The minimum Gasteiger partial charge on any atom is -0.390 e. The fraction of sp³-hybridized carbons (Fsp3) is 0.800. The standard InChI is InChI=1S/C10H18N4O/c1-7-2-4-8(5-3-7)6-12-10-14-13-9(11)15-10/h7-8H,2-6H2,1H3,(H2,11,13)(H,12,14). The van der Waals surface area contributed by atoms with Crippen LogP contribution in [-0.4, -0.2) is 16.7 Å². The van der Waals surface area contributed by atoms with Crippen molar-refractivity contribution < 1.29 is 4.42 Å². The van der Waals surface area contributed by atoms with Gasteiger partial charge in [-0.25, -0.2) is 0 Å². The fourth-order valence-electron chi connectivity index (χ4n) is 2.07. The van der Waals surface area contributed by atoms with Crippen molar-refractivity contribution >= 4 is 12.0 Å². The van der Waals surface area contributed by atoms with Crippen LogP contribution in [0.3, 0.4) is 0 Å². The van der Waals surface area contributed by atoms with Gasteiger partial charge in [-0.2, -0.15) is 0 Å². The summed E-state index contributed by atoms with van der Waals surface area (Å²) in [5.41, 5.74) is 5.33. The largest absolute Gasteiger partial charge is 0.390 e. The number of rotatable bonds is 3. The number of anilines is 2. The van der Waals surface area contributed by atoms with Crippen LogP contribution in [0.5, 0.6) is 0 Å². The zero-order valence-corrected chi connectivity index (χ0v) is 9.07. The Morgan fingerprint density at radius 2 is 2.07 bits per heavy atom. The van der Waals surface area contributed by atoms with Crippen LogP contribution in [0.4, 0.5) is 12.0 Å². The van der Waals surface area contributed by atoms with E-state index in [2.05, 4.69) is 22.4 Å². The van der Waals surface area contributed by atoms with Crippen molar-refractivity contribution in [3.05, 3.63) is 0 Å². The van der Waals surface area contributed by atoms with Crippen LogP contribution >= 0.6 is 0 Å². The molecule has 0 aliphatic heterocycles. The molecule has 1 saturated carbocycles. The van der Waals surface area contributed by atoms with Crippen molar-refractivity contribution in [3.8, 4) is 0 Å². The second-order valence-corrected chi connectivity index (χ2v) is 4.45. The van der Waals surface area contributed by atoms with Crippen LogP contribution in [0.15, 0.2) is 4.42 Å². The first-order valence-corrected chi connectivity index (χ1v) is 5.57. The Balaban J connectivity index is 1.74. The van der Waals surface area contributed by atoms with Crippen LogP contribution in [0, 0.1) is 11.8 Å². The second-order valence-electron chi connectivity index (χ2n) is 4.45. The zero-order valence-electron chi connectivity index (χ0n) is 9.07. The van der Waals surface area contributed by atoms with Gasteiger partial charge >= 0.3 is 12.0 Å². The SMILES string of the molecule is CC1CCC(CNc2nnc(N)o2)CC1. The number of nitrogens with zero attached hydrogens (tertiary/aromatic N) is 2. The third-order valence-corrected chi connectivity index (χ3v) is 3.12. The molecule has 15 heavy (non-hydrogen) atoms. The monoisotopic (exact) mass is 210 g/mol. The first-order chi connectivity index (χ1) is 7.24. The Morgan fingerprint density at radius 3 is 2.67 bits per heavy atom. The molecule has 1 aromatic heterocycles. The maximum absolute atomic E-state index is 5.33. The summed E-state index contributed by atoms with van der Waals surface area (Å²) in [6.45, 7) is 3.23. The van der Waals surface area contributed by atoms with Gasteiger partial charge in [-0.3, -0.25) is 0 Å². The van der Waals surface area contributed by atoms with E-state index >= 15 is 0 Å². The van der Waals surface area contributed by atoms with Gasteiger partial charge in [-0.05, 0) is 24.7 Å². The number of nitrogens with two attached hydrogens (primary N) is 1. The van der Waals surface area contributed by atoms with E-state index in [0.29, 0.717) is 6.01 Å². The van der Waals surface area contributed by atoms with E-state index in [-0.39, 0.29) is 6.01 Å². The molecule has 84 valence electrons. The predicted molar refractivity (Wildman–Crippen MR) is 58.3 cm³/mol. The van der Waals surface area contributed by atoms with Crippen molar-refractivity contribution in [1.29, 1.82) is 0 Å². The minimum absolute atomic E-state index is 0.120. The molecule has 0 spiro atoms. The summed E-state index contributed by atoms with van der Waals surface area (Å²) in [7, 11) is 0. The highest BCUT2D eigenvalue weighted by atomic mass is 16.4. The average molecular weight is 210 g/mol. The topological polar surface area (TPSA) is 77.0 Å². The quantitative estimate of drug-likeness (QED) is 0.796. The summed E-state index contributed by atoms with van der Waals surface area (Å²) in [6.07, 6.45) is 5.24. The van der Waals surface area contributed by atoms with Gasteiger partial charge in [0.15, 0.2) is 0 Å². The van der Waals surface area contributed by atoms with Crippen LogP contribution in [0.1, 0.15) is 32.6 Å². The molecule has 0 unspecified atom stereocenters. The molecule has 2 rings (SSSR count). The fourth-order valence-corrected chi connectivity index (χ4v) is 2.07. The van der Waals surface area contributed by atoms with Gasteiger partial charge in [0.1, 0.15) is 0 Å². The van der Waals surface area contributed by atoms with Gasteiger partial charge in [0.25, 0.3) is 0 Å². The first-order valence-electron chi connectivity index (χ1n) is 5.57. The summed E-state index contributed by atoms with van der Waals surface area (Å²) < 4.78 is 5.04. The number of aromatic nitrogens is 2. The van der Waals surface area contributed by atoms with Gasteiger partial charge < -0.3 is 15.5 Å². The van der Waals surface area contributed by atoms with Crippen molar-refractivity contribution in [2.24, 2.45) is 11.8 Å². The summed E-state index contributed by atoms with van der Waals surface area (Å²) in [5, 5.41) is 10.5. The van der Waals surface area contributed by atoms with E-state index in [1.165, 1.54) is 25.7 Å². The van der Waals surface area contributed by atoms with Gasteiger partial charge in [0.05, 0.1) is 0 Å². The second kappa shape index (κ2) is 4.51. The maximum Gasteiger partial charge on any atom is 0.316 e. The van der Waals surface area contributed by atoms with Crippen LogP contribution < -0.4 is 11.1 Å². The molecule has 0 aromatic carbocycles. The van der Waals surface area contributed by atoms with Crippen molar-refractivity contribution in [2.75, 3.05) is 17.6 Å². The van der Waals surface area contributed by atoms with Crippen LogP contribution in [-0.2, 0) is 0 Å². The molecule has 5 nitrogen and oxygen atoms in total. The van der Waals surface area contributed by atoms with E-state index in [1.807, 2.05) is 0 Å². The van der Waals surface area contributed by atoms with Crippen LogP contribution in [0.2, 0.25) is 0 Å². The van der Waals surface area contributed by atoms with Gasteiger partial charge in [0.2, 0.25) is 0 Å². The molecule has 0 bridgehead atoms. The highest BCUT2D eigenvalue weighted by molar-refractivity contribution is 5.22. The third-order valence-electron chi connectivity index (χ3n) is 3.12. The zero-order chi connectivity index (χ0) is 10.7. The highest BCUT2D eigenvalue weighted by Crippen LogP contribution is 2.28. The summed E-state index contributed by atoms with van der Waals surface area (Å²) in [4.78, 5) is 0. The minimum atomic E-state index is 0.120. The summed E-state index contributed by atoms with van der Waals surface area (Å²) >= 11 is 0. The molecule has 0 atom stereocenters. The molecule has 0 radical (unpaired) electrons. The summed E-state index contributed by atoms with van der Waals surface area (Å²) in [6, 6.07) is 0.556. The Hall–Kier alpha value is -1.26. The number of nitrogens with one attached hydrogen (secondary N) is 1. The Bertz CT molecular complexity index is 304.